The van der Waals surface area contributed by atoms with E-state index in [1.807, 2.05) is 38.4 Å². The van der Waals surface area contributed by atoms with Crippen LogP contribution in [-0.2, 0) is 9.84 Å². The summed E-state index contributed by atoms with van der Waals surface area (Å²) >= 11 is 6.72. The molecule has 0 aliphatic heterocycles. The van der Waals surface area contributed by atoms with Gasteiger partial charge in [0.2, 0.25) is 26.6 Å². The van der Waals surface area contributed by atoms with E-state index in [0.29, 0.717) is 12.1 Å². The number of rotatable bonds is 8. The Balaban J connectivity index is 1.98. The molecule has 2 aromatic carbocycles. The minimum absolute atomic E-state index is 0.109. The van der Waals surface area contributed by atoms with E-state index in [2.05, 4.69) is 47.1 Å². The summed E-state index contributed by atoms with van der Waals surface area (Å²) in [5.74, 6) is 0.410. The minimum atomic E-state index is -3.84. The van der Waals surface area contributed by atoms with E-state index in [0.717, 1.165) is 21.9 Å². The van der Waals surface area contributed by atoms with Crippen molar-refractivity contribution >= 4 is 47.6 Å². The van der Waals surface area contributed by atoms with Crippen LogP contribution in [0.1, 0.15) is 6.42 Å². The number of aromatic nitrogens is 1. The van der Waals surface area contributed by atoms with E-state index in [-0.39, 0.29) is 21.7 Å². The van der Waals surface area contributed by atoms with E-state index < -0.39 is 9.84 Å². The van der Waals surface area contributed by atoms with Crippen LogP contribution in [-0.4, -0.2) is 45.5 Å². The Kier molecular flexibility index (Phi) is 7.15. The molecule has 0 saturated heterocycles. The quantitative estimate of drug-likeness (QED) is 0.401. The zero-order chi connectivity index (χ0) is 21.0. The number of sulfone groups is 1. The lowest BCUT2D eigenvalue weighted by molar-refractivity contribution is 0.404. The van der Waals surface area contributed by atoms with Gasteiger partial charge in [-0.15, -0.1) is 0 Å². The van der Waals surface area contributed by atoms with Crippen molar-refractivity contribution in [1.29, 1.82) is 0 Å². The molecule has 3 rings (SSSR count). The first-order valence-corrected chi connectivity index (χ1v) is 12.0. The Morgan fingerprint density at radius 1 is 1.00 bits per heavy atom. The van der Waals surface area contributed by atoms with Gasteiger partial charge in [-0.2, -0.15) is 4.98 Å². The first-order valence-electron chi connectivity index (χ1n) is 8.93. The molecular weight excluding hydrogens is 522 g/mol. The Labute approximate surface area is 187 Å². The van der Waals surface area contributed by atoms with Crippen LogP contribution in [0, 0.1) is 0 Å². The van der Waals surface area contributed by atoms with Gasteiger partial charge in [0.1, 0.15) is 0 Å². The number of hydrogen-bond acceptors (Lipinski definition) is 6. The molecule has 6 nitrogen and oxygen atoms in total. The fourth-order valence-corrected chi connectivity index (χ4v) is 4.45. The zero-order valence-corrected chi connectivity index (χ0v) is 20.0. The first-order chi connectivity index (χ1) is 13.8. The highest BCUT2D eigenvalue weighted by Crippen LogP contribution is 2.33. The van der Waals surface area contributed by atoms with Crippen molar-refractivity contribution in [3.05, 3.63) is 57.5 Å². The number of nitrogens with one attached hydrogen (secondary N) is 1. The van der Waals surface area contributed by atoms with Crippen LogP contribution >= 0.6 is 31.9 Å². The Bertz CT molecular complexity index is 1060. The van der Waals surface area contributed by atoms with Gasteiger partial charge in [0, 0.05) is 21.1 Å². The fourth-order valence-electron chi connectivity index (χ4n) is 2.64. The van der Waals surface area contributed by atoms with Crippen LogP contribution in [0.5, 0.6) is 0 Å². The summed E-state index contributed by atoms with van der Waals surface area (Å²) in [7, 11) is 0.136. The van der Waals surface area contributed by atoms with Gasteiger partial charge in [0.05, 0.1) is 4.90 Å². The van der Waals surface area contributed by atoms with Gasteiger partial charge in [0.15, 0.2) is 0 Å². The molecule has 1 N–H and O–H groups in total. The predicted molar refractivity (Wildman–Crippen MR) is 121 cm³/mol. The molecular formula is C20H21Br2N3O3S. The maximum Gasteiger partial charge on any atom is 0.233 e. The maximum absolute atomic E-state index is 13.2. The summed E-state index contributed by atoms with van der Waals surface area (Å²) in [6.07, 6.45) is 0.832. The monoisotopic (exact) mass is 541 g/mol. The van der Waals surface area contributed by atoms with Crippen molar-refractivity contribution < 1.29 is 12.8 Å². The van der Waals surface area contributed by atoms with Crippen LogP contribution in [0.3, 0.4) is 0 Å². The molecule has 0 bridgehead atoms. The lowest BCUT2D eigenvalue weighted by atomic mass is 10.2. The molecule has 0 radical (unpaired) electrons. The number of benzene rings is 2. The Morgan fingerprint density at radius 2 is 1.59 bits per heavy atom. The van der Waals surface area contributed by atoms with Crippen molar-refractivity contribution in [2.75, 3.05) is 32.5 Å². The third-order valence-electron chi connectivity index (χ3n) is 4.13. The van der Waals surface area contributed by atoms with Crippen molar-refractivity contribution in [1.82, 2.24) is 9.88 Å². The molecule has 0 atom stereocenters. The molecule has 0 amide bonds. The van der Waals surface area contributed by atoms with Crippen LogP contribution in [0.4, 0.5) is 5.88 Å². The third kappa shape index (κ3) is 5.48. The highest BCUT2D eigenvalue weighted by atomic mass is 79.9. The van der Waals surface area contributed by atoms with Crippen LogP contribution < -0.4 is 5.32 Å². The Morgan fingerprint density at radius 3 is 2.17 bits per heavy atom. The molecule has 0 unspecified atom stereocenters. The van der Waals surface area contributed by atoms with Gasteiger partial charge < -0.3 is 14.6 Å². The normalized spacial score (nSPS) is 11.8. The summed E-state index contributed by atoms with van der Waals surface area (Å²) in [4.78, 5) is 6.56. The molecule has 0 spiro atoms. The van der Waals surface area contributed by atoms with E-state index in [4.69, 9.17) is 4.42 Å². The second kappa shape index (κ2) is 9.42. The molecule has 9 heteroatoms. The van der Waals surface area contributed by atoms with Gasteiger partial charge in [0.25, 0.3) is 0 Å². The number of halogens is 2. The van der Waals surface area contributed by atoms with Crippen molar-refractivity contribution in [2.24, 2.45) is 0 Å². The standard InChI is InChI=1S/C20H21Br2N3O3S/c1-25(2)13-3-12-23-19-20(29(26,27)17-10-8-16(22)9-11-17)24-18(28-19)14-4-6-15(21)7-5-14/h4-11,23H,3,12-13H2,1-2H3. The summed E-state index contributed by atoms with van der Waals surface area (Å²) in [6.45, 7) is 1.44. The molecule has 0 aliphatic carbocycles. The number of nitrogens with zero attached hydrogens (tertiary/aromatic N) is 2. The van der Waals surface area contributed by atoms with Gasteiger partial charge in [-0.05, 0) is 75.6 Å². The number of anilines is 1. The van der Waals surface area contributed by atoms with Crippen LogP contribution in [0.2, 0.25) is 0 Å². The lowest BCUT2D eigenvalue weighted by Crippen LogP contribution is -2.17. The first kappa shape index (κ1) is 22.0. The molecule has 1 aromatic heterocycles. The summed E-state index contributed by atoms with van der Waals surface area (Å²) < 4.78 is 34.0. The van der Waals surface area contributed by atoms with Gasteiger partial charge in [-0.3, -0.25) is 0 Å². The highest BCUT2D eigenvalue weighted by molar-refractivity contribution is 9.10. The number of oxazole rings is 1. The second-order valence-electron chi connectivity index (χ2n) is 6.70. The predicted octanol–water partition coefficient (Wildman–Crippen LogP) is 5.06. The summed E-state index contributed by atoms with van der Waals surface area (Å²) in [5.41, 5.74) is 0.696. The fraction of sp³-hybridized carbons (Fsp3) is 0.250. The van der Waals surface area contributed by atoms with E-state index in [1.54, 1.807) is 24.3 Å². The van der Waals surface area contributed by atoms with Gasteiger partial charge >= 0.3 is 0 Å². The largest absolute Gasteiger partial charge is 0.419 e. The highest BCUT2D eigenvalue weighted by Gasteiger charge is 2.28. The van der Waals surface area contributed by atoms with Crippen LogP contribution in [0.15, 0.2) is 71.8 Å². The molecule has 154 valence electrons. The van der Waals surface area contributed by atoms with Crippen molar-refractivity contribution in [3.8, 4) is 11.5 Å². The average molecular weight is 543 g/mol. The molecule has 0 saturated carbocycles. The molecule has 29 heavy (non-hydrogen) atoms. The lowest BCUT2D eigenvalue weighted by Gasteiger charge is -2.10. The SMILES string of the molecule is CN(C)CCCNc1oc(-c2ccc(Br)cc2)nc1S(=O)(=O)c1ccc(Br)cc1. The topological polar surface area (TPSA) is 75.4 Å². The average Bonchev–Trinajstić information content (AvgIpc) is 3.11. The third-order valence-corrected chi connectivity index (χ3v) is 6.87. The maximum atomic E-state index is 13.2. The van der Waals surface area contributed by atoms with Crippen molar-refractivity contribution in [3.63, 3.8) is 0 Å². The molecule has 3 aromatic rings. The van der Waals surface area contributed by atoms with Crippen molar-refractivity contribution in [2.45, 2.75) is 16.3 Å². The minimum Gasteiger partial charge on any atom is -0.419 e. The zero-order valence-electron chi connectivity index (χ0n) is 16.0. The molecule has 1 heterocycles. The number of hydrogen-bond donors (Lipinski definition) is 1. The molecule has 0 fully saturated rings. The van der Waals surface area contributed by atoms with Gasteiger partial charge in [-0.1, -0.05) is 31.9 Å². The van der Waals surface area contributed by atoms with E-state index >= 15 is 0 Å². The second-order valence-corrected chi connectivity index (χ2v) is 10.4. The van der Waals surface area contributed by atoms with Gasteiger partial charge in [-0.25, -0.2) is 8.42 Å². The Hall–Kier alpha value is -1.68. The molecule has 0 aliphatic rings. The van der Waals surface area contributed by atoms with E-state index in [1.165, 1.54) is 0 Å². The van der Waals surface area contributed by atoms with E-state index in [9.17, 15) is 8.42 Å². The smallest absolute Gasteiger partial charge is 0.233 e. The summed E-state index contributed by atoms with van der Waals surface area (Å²) in [6, 6.07) is 13.8. The summed E-state index contributed by atoms with van der Waals surface area (Å²) in [5, 5.41) is 3.00. The van der Waals surface area contributed by atoms with Crippen LogP contribution in [0.25, 0.3) is 11.5 Å².